The quantitative estimate of drug-likeness (QED) is 0.546. The zero-order valence-electron chi connectivity index (χ0n) is 10.4. The van der Waals surface area contributed by atoms with Gasteiger partial charge in [-0.1, -0.05) is 51.4 Å². The van der Waals surface area contributed by atoms with E-state index >= 15 is 0 Å². The lowest BCUT2D eigenvalue weighted by Gasteiger charge is -2.05. The Morgan fingerprint density at radius 3 is 1.73 bits per heavy atom. The number of aliphatic imine (C=N–C) groups is 1. The Bertz CT molecular complexity index is 172. The third-order valence-corrected chi connectivity index (χ3v) is 3.33. The maximum atomic E-state index is 4.63. The first-order valence-corrected chi connectivity index (χ1v) is 6.89. The van der Waals surface area contributed by atoms with Crippen LogP contribution < -0.4 is 0 Å². The van der Waals surface area contributed by atoms with Crippen LogP contribution in [0.25, 0.3) is 0 Å². The average molecular weight is 209 g/mol. The van der Waals surface area contributed by atoms with Crippen molar-refractivity contribution in [1.82, 2.24) is 0 Å². The first-order chi connectivity index (χ1) is 7.39. The molecule has 0 radical (unpaired) electrons. The minimum absolute atomic E-state index is 1.08. The summed E-state index contributed by atoms with van der Waals surface area (Å²) in [5.74, 6) is 0. The molecule has 1 rings (SSSR count). The van der Waals surface area contributed by atoms with Crippen molar-refractivity contribution in [3.05, 3.63) is 0 Å². The molecular weight excluding hydrogens is 182 g/mol. The van der Waals surface area contributed by atoms with Gasteiger partial charge in [0, 0.05) is 12.3 Å². The molecule has 0 fully saturated rings. The van der Waals surface area contributed by atoms with Crippen LogP contribution in [0.15, 0.2) is 4.99 Å². The molecule has 1 aliphatic rings. The molecular formula is C14H27N. The van der Waals surface area contributed by atoms with Crippen LogP contribution >= 0.6 is 0 Å². The average Bonchev–Trinajstić information content (AvgIpc) is 2.24. The SMILES string of the molecule is C/C1=N/CCCCCCCCCCCC1. The Kier molecular flexibility index (Phi) is 7.59. The van der Waals surface area contributed by atoms with Crippen LogP contribution in [0.3, 0.4) is 0 Å². The first-order valence-electron chi connectivity index (χ1n) is 6.89. The van der Waals surface area contributed by atoms with Crippen LogP contribution in [0, 0.1) is 0 Å². The molecule has 0 unspecified atom stereocenters. The van der Waals surface area contributed by atoms with E-state index in [1.165, 1.54) is 76.3 Å². The summed E-state index contributed by atoms with van der Waals surface area (Å²) in [6, 6.07) is 0. The molecule has 0 aromatic heterocycles. The van der Waals surface area contributed by atoms with E-state index in [9.17, 15) is 0 Å². The molecule has 1 heteroatoms. The smallest absolute Gasteiger partial charge is 0.0388 e. The van der Waals surface area contributed by atoms with Crippen LogP contribution in [0.4, 0.5) is 0 Å². The molecule has 0 aromatic rings. The van der Waals surface area contributed by atoms with Crippen molar-refractivity contribution in [2.24, 2.45) is 4.99 Å². The highest BCUT2D eigenvalue weighted by Gasteiger charge is 1.96. The third-order valence-electron chi connectivity index (χ3n) is 3.33. The molecule has 88 valence electrons. The Hall–Kier alpha value is -0.330. The third kappa shape index (κ3) is 7.58. The van der Waals surface area contributed by atoms with Crippen molar-refractivity contribution >= 4 is 5.71 Å². The fourth-order valence-electron chi connectivity index (χ4n) is 2.26. The van der Waals surface area contributed by atoms with Crippen molar-refractivity contribution in [1.29, 1.82) is 0 Å². The van der Waals surface area contributed by atoms with E-state index in [2.05, 4.69) is 11.9 Å². The number of hydrogen-bond donors (Lipinski definition) is 0. The van der Waals surface area contributed by atoms with Gasteiger partial charge in [-0.2, -0.15) is 0 Å². The molecule has 0 saturated carbocycles. The molecule has 0 amide bonds. The number of hydrogen-bond acceptors (Lipinski definition) is 1. The van der Waals surface area contributed by atoms with Crippen LogP contribution in [0.5, 0.6) is 0 Å². The normalized spacial score (nSPS) is 26.3. The Balaban J connectivity index is 2.20. The maximum absolute atomic E-state index is 4.63. The summed E-state index contributed by atoms with van der Waals surface area (Å²) in [6.07, 6.45) is 15.4. The van der Waals surface area contributed by atoms with Gasteiger partial charge in [-0.15, -0.1) is 0 Å². The lowest BCUT2D eigenvalue weighted by Crippen LogP contribution is -1.95. The molecule has 0 saturated heterocycles. The van der Waals surface area contributed by atoms with Gasteiger partial charge in [0.2, 0.25) is 0 Å². The predicted octanol–water partition coefficient (Wildman–Crippen LogP) is 4.75. The molecule has 1 nitrogen and oxygen atoms in total. The monoisotopic (exact) mass is 209 g/mol. The summed E-state index contributed by atoms with van der Waals surface area (Å²) >= 11 is 0. The van der Waals surface area contributed by atoms with E-state index in [0.717, 1.165) is 6.54 Å². The van der Waals surface area contributed by atoms with Crippen molar-refractivity contribution in [2.45, 2.75) is 77.6 Å². The number of rotatable bonds is 0. The summed E-state index contributed by atoms with van der Waals surface area (Å²) in [7, 11) is 0. The molecule has 0 spiro atoms. The largest absolute Gasteiger partial charge is 0.294 e. The van der Waals surface area contributed by atoms with Gasteiger partial charge in [0.25, 0.3) is 0 Å². The zero-order valence-corrected chi connectivity index (χ0v) is 10.4. The highest BCUT2D eigenvalue weighted by atomic mass is 14.7. The molecule has 0 N–H and O–H groups in total. The Labute approximate surface area is 95.4 Å². The maximum Gasteiger partial charge on any atom is 0.0388 e. The van der Waals surface area contributed by atoms with E-state index < -0.39 is 0 Å². The van der Waals surface area contributed by atoms with Crippen molar-refractivity contribution in [2.75, 3.05) is 6.54 Å². The zero-order chi connectivity index (χ0) is 10.8. The fourth-order valence-corrected chi connectivity index (χ4v) is 2.26. The topological polar surface area (TPSA) is 12.4 Å². The van der Waals surface area contributed by atoms with Gasteiger partial charge in [-0.05, 0) is 26.2 Å². The second-order valence-corrected chi connectivity index (χ2v) is 4.90. The Morgan fingerprint density at radius 2 is 1.13 bits per heavy atom. The second-order valence-electron chi connectivity index (χ2n) is 4.90. The van der Waals surface area contributed by atoms with E-state index in [4.69, 9.17) is 0 Å². The van der Waals surface area contributed by atoms with Crippen LogP contribution in [0.1, 0.15) is 77.6 Å². The van der Waals surface area contributed by atoms with E-state index in [-0.39, 0.29) is 0 Å². The van der Waals surface area contributed by atoms with Gasteiger partial charge in [0.15, 0.2) is 0 Å². The highest BCUT2D eigenvalue weighted by molar-refractivity contribution is 5.81. The van der Waals surface area contributed by atoms with Crippen molar-refractivity contribution < 1.29 is 0 Å². The summed E-state index contributed by atoms with van der Waals surface area (Å²) < 4.78 is 0. The molecule has 0 bridgehead atoms. The van der Waals surface area contributed by atoms with Gasteiger partial charge >= 0.3 is 0 Å². The molecule has 15 heavy (non-hydrogen) atoms. The van der Waals surface area contributed by atoms with Gasteiger partial charge in [0.1, 0.15) is 0 Å². The van der Waals surface area contributed by atoms with E-state index in [0.29, 0.717) is 0 Å². The molecule has 0 aliphatic carbocycles. The summed E-state index contributed by atoms with van der Waals surface area (Å²) in [5.41, 5.74) is 1.38. The van der Waals surface area contributed by atoms with E-state index in [1.807, 2.05) is 0 Å². The summed E-state index contributed by atoms with van der Waals surface area (Å²) in [6.45, 7) is 3.28. The highest BCUT2D eigenvalue weighted by Crippen LogP contribution is 2.12. The second kappa shape index (κ2) is 8.94. The lowest BCUT2D eigenvalue weighted by molar-refractivity contribution is 0.552. The fraction of sp³-hybridized carbons (Fsp3) is 0.929. The van der Waals surface area contributed by atoms with Gasteiger partial charge in [0.05, 0.1) is 0 Å². The minimum Gasteiger partial charge on any atom is -0.294 e. The van der Waals surface area contributed by atoms with Gasteiger partial charge in [-0.25, -0.2) is 0 Å². The Morgan fingerprint density at radius 1 is 0.667 bits per heavy atom. The predicted molar refractivity (Wildman–Crippen MR) is 68.8 cm³/mol. The molecule has 0 atom stereocenters. The lowest BCUT2D eigenvalue weighted by atomic mass is 10.0. The number of nitrogens with zero attached hydrogens (tertiary/aromatic N) is 1. The molecule has 1 aliphatic heterocycles. The van der Waals surface area contributed by atoms with Gasteiger partial charge < -0.3 is 0 Å². The molecule has 0 aromatic carbocycles. The van der Waals surface area contributed by atoms with Crippen molar-refractivity contribution in [3.63, 3.8) is 0 Å². The van der Waals surface area contributed by atoms with Crippen LogP contribution in [-0.4, -0.2) is 12.3 Å². The van der Waals surface area contributed by atoms with Crippen LogP contribution in [0.2, 0.25) is 0 Å². The minimum atomic E-state index is 1.08. The first kappa shape index (κ1) is 12.7. The van der Waals surface area contributed by atoms with Gasteiger partial charge in [-0.3, -0.25) is 4.99 Å². The van der Waals surface area contributed by atoms with Crippen LogP contribution in [-0.2, 0) is 0 Å². The van der Waals surface area contributed by atoms with E-state index in [1.54, 1.807) is 0 Å². The molecule has 1 heterocycles. The van der Waals surface area contributed by atoms with Crippen molar-refractivity contribution in [3.8, 4) is 0 Å². The summed E-state index contributed by atoms with van der Waals surface area (Å²) in [5, 5.41) is 0. The summed E-state index contributed by atoms with van der Waals surface area (Å²) in [4.78, 5) is 4.63. The standard InChI is InChI=1S/C14H27N/c1-14-12-10-8-6-4-2-3-5-7-9-11-13-15-14/h2-13H2,1H3/b15-14-.